The fraction of sp³-hybridized carbons (Fsp3) is 0.250. The lowest BCUT2D eigenvalue weighted by Crippen LogP contribution is -2.51. The average Bonchev–Trinajstić information content (AvgIpc) is 2.88. The molecule has 2 amide bonds. The Labute approximate surface area is 210 Å². The van der Waals surface area contributed by atoms with Gasteiger partial charge in [0.2, 0.25) is 0 Å². The number of rotatable bonds is 6. The van der Waals surface area contributed by atoms with Crippen LogP contribution in [0.15, 0.2) is 72.8 Å². The fourth-order valence-corrected chi connectivity index (χ4v) is 4.69. The molecule has 0 radical (unpaired) electrons. The fourth-order valence-electron chi connectivity index (χ4n) is 4.50. The van der Waals surface area contributed by atoms with Crippen molar-refractivity contribution >= 4 is 29.1 Å². The molecule has 3 N–H and O–H groups in total. The van der Waals surface area contributed by atoms with Crippen molar-refractivity contribution in [2.75, 3.05) is 5.32 Å². The molecule has 3 aromatic rings. The number of nitriles is 1. The molecule has 4 rings (SSSR count). The van der Waals surface area contributed by atoms with E-state index in [1.165, 1.54) is 0 Å². The summed E-state index contributed by atoms with van der Waals surface area (Å²) in [6.45, 7) is 0.359. The molecule has 0 aliphatic heterocycles. The molecule has 35 heavy (non-hydrogen) atoms. The van der Waals surface area contributed by atoms with E-state index >= 15 is 0 Å². The first-order valence-electron chi connectivity index (χ1n) is 11.7. The third kappa shape index (κ3) is 6.07. The maximum absolute atomic E-state index is 13.6. The lowest BCUT2D eigenvalue weighted by atomic mass is 9.89. The number of nitrogens with two attached hydrogens (primary N) is 1. The summed E-state index contributed by atoms with van der Waals surface area (Å²) in [5.41, 5.74) is 9.47. The Hall–Kier alpha value is -3.66. The predicted octanol–water partition coefficient (Wildman–Crippen LogP) is 5.38. The number of nitrogens with zero attached hydrogens (tertiary/aromatic N) is 2. The summed E-state index contributed by atoms with van der Waals surface area (Å²) in [5.74, 6) is -0.380. The molecule has 0 saturated heterocycles. The second-order valence-electron chi connectivity index (χ2n) is 8.80. The van der Waals surface area contributed by atoms with E-state index in [9.17, 15) is 9.59 Å². The number of hydrogen-bond donors (Lipinski definition) is 2. The standard InChI is InChI=1S/C28H27ClN4O2/c29-23-7-4-6-22(16-23)27(34)32-24-8-3-5-20(15-24)18-33(26-10-2-1-9-25(26)31)28(35)21-13-11-19(17-30)12-14-21/h3-8,11-16,25-26H,1-2,9-10,18,31H2,(H,32,34). The molecule has 0 bridgehead atoms. The van der Waals surface area contributed by atoms with Gasteiger partial charge in [0, 0.05) is 40.5 Å². The van der Waals surface area contributed by atoms with Crippen molar-refractivity contribution in [3.05, 3.63) is 100 Å². The van der Waals surface area contributed by atoms with Gasteiger partial charge in [0.25, 0.3) is 11.8 Å². The van der Waals surface area contributed by atoms with Crippen LogP contribution in [0.3, 0.4) is 0 Å². The van der Waals surface area contributed by atoms with Crippen LogP contribution in [0.1, 0.15) is 57.5 Å². The van der Waals surface area contributed by atoms with Crippen LogP contribution in [0, 0.1) is 11.3 Å². The van der Waals surface area contributed by atoms with Crippen LogP contribution in [0.4, 0.5) is 5.69 Å². The smallest absolute Gasteiger partial charge is 0.255 e. The number of hydrogen-bond acceptors (Lipinski definition) is 4. The average molecular weight is 487 g/mol. The van der Waals surface area contributed by atoms with Gasteiger partial charge in [0.15, 0.2) is 0 Å². The summed E-state index contributed by atoms with van der Waals surface area (Å²) in [7, 11) is 0. The summed E-state index contributed by atoms with van der Waals surface area (Å²) in [6, 6.07) is 22.8. The van der Waals surface area contributed by atoms with E-state index in [-0.39, 0.29) is 23.9 Å². The van der Waals surface area contributed by atoms with E-state index in [4.69, 9.17) is 22.6 Å². The van der Waals surface area contributed by atoms with Gasteiger partial charge in [0.1, 0.15) is 0 Å². The van der Waals surface area contributed by atoms with E-state index in [0.717, 1.165) is 31.2 Å². The van der Waals surface area contributed by atoms with E-state index in [2.05, 4.69) is 11.4 Å². The van der Waals surface area contributed by atoms with Gasteiger partial charge in [-0.2, -0.15) is 5.26 Å². The van der Waals surface area contributed by atoms with Crippen molar-refractivity contribution in [3.8, 4) is 6.07 Å². The summed E-state index contributed by atoms with van der Waals surface area (Å²) in [4.78, 5) is 28.1. The second kappa shape index (κ2) is 11.2. The minimum Gasteiger partial charge on any atom is -0.330 e. The zero-order valence-corrected chi connectivity index (χ0v) is 20.0. The largest absolute Gasteiger partial charge is 0.330 e. The molecule has 0 spiro atoms. The number of halogens is 1. The number of carbonyl (C=O) groups excluding carboxylic acids is 2. The maximum Gasteiger partial charge on any atom is 0.255 e. The Bertz CT molecular complexity index is 1250. The molecule has 6 nitrogen and oxygen atoms in total. The molecule has 2 atom stereocenters. The van der Waals surface area contributed by atoms with Crippen molar-refractivity contribution in [3.63, 3.8) is 0 Å². The van der Waals surface area contributed by atoms with Crippen molar-refractivity contribution in [1.82, 2.24) is 4.90 Å². The molecule has 3 aromatic carbocycles. The highest BCUT2D eigenvalue weighted by Gasteiger charge is 2.31. The van der Waals surface area contributed by atoms with Crippen LogP contribution in [0.2, 0.25) is 5.02 Å². The third-order valence-electron chi connectivity index (χ3n) is 6.33. The van der Waals surface area contributed by atoms with Gasteiger partial charge in [-0.1, -0.05) is 42.6 Å². The first kappa shape index (κ1) is 24.5. The van der Waals surface area contributed by atoms with Gasteiger partial charge in [-0.05, 0) is 73.0 Å². The lowest BCUT2D eigenvalue weighted by molar-refractivity contribution is 0.0583. The van der Waals surface area contributed by atoms with E-state index in [0.29, 0.717) is 33.9 Å². The van der Waals surface area contributed by atoms with Crippen LogP contribution in [-0.4, -0.2) is 28.8 Å². The molecule has 0 heterocycles. The minimum atomic E-state index is -0.260. The first-order chi connectivity index (χ1) is 16.9. The quantitative estimate of drug-likeness (QED) is 0.488. The number of benzene rings is 3. The molecule has 178 valence electrons. The molecule has 1 fully saturated rings. The number of carbonyl (C=O) groups is 2. The SMILES string of the molecule is N#Cc1ccc(C(=O)N(Cc2cccc(NC(=O)c3cccc(Cl)c3)c2)C2CCCCC2N)cc1. The summed E-state index contributed by atoms with van der Waals surface area (Å²) < 4.78 is 0. The monoisotopic (exact) mass is 486 g/mol. The van der Waals surface area contributed by atoms with Crippen molar-refractivity contribution in [2.45, 2.75) is 44.3 Å². The van der Waals surface area contributed by atoms with E-state index < -0.39 is 0 Å². The number of nitrogens with one attached hydrogen (secondary N) is 1. The first-order valence-corrected chi connectivity index (χ1v) is 12.0. The Morgan fingerprint density at radius 2 is 1.74 bits per heavy atom. The van der Waals surface area contributed by atoms with Crippen molar-refractivity contribution < 1.29 is 9.59 Å². The summed E-state index contributed by atoms with van der Waals surface area (Å²) >= 11 is 6.01. The van der Waals surface area contributed by atoms with Crippen LogP contribution in [0.5, 0.6) is 0 Å². The Balaban J connectivity index is 1.57. The third-order valence-corrected chi connectivity index (χ3v) is 6.56. The highest BCUT2D eigenvalue weighted by Crippen LogP contribution is 2.26. The van der Waals surface area contributed by atoms with Gasteiger partial charge in [0.05, 0.1) is 11.6 Å². The predicted molar refractivity (Wildman–Crippen MR) is 137 cm³/mol. The van der Waals surface area contributed by atoms with Gasteiger partial charge < -0.3 is 16.0 Å². The molecule has 2 unspecified atom stereocenters. The van der Waals surface area contributed by atoms with Crippen LogP contribution < -0.4 is 11.1 Å². The Morgan fingerprint density at radius 1 is 1.00 bits per heavy atom. The van der Waals surface area contributed by atoms with Gasteiger partial charge >= 0.3 is 0 Å². The molecule has 7 heteroatoms. The Kier molecular flexibility index (Phi) is 7.81. The molecule has 1 aliphatic carbocycles. The zero-order chi connectivity index (χ0) is 24.8. The van der Waals surface area contributed by atoms with Gasteiger partial charge in [-0.15, -0.1) is 0 Å². The summed E-state index contributed by atoms with van der Waals surface area (Å²) in [5, 5.41) is 12.5. The normalized spacial score (nSPS) is 17.3. The molecule has 1 saturated carbocycles. The molecule has 0 aromatic heterocycles. The highest BCUT2D eigenvalue weighted by atomic mass is 35.5. The zero-order valence-electron chi connectivity index (χ0n) is 19.3. The van der Waals surface area contributed by atoms with Crippen LogP contribution in [0.25, 0.3) is 0 Å². The summed E-state index contributed by atoms with van der Waals surface area (Å²) in [6.07, 6.45) is 3.79. The maximum atomic E-state index is 13.6. The molecular weight excluding hydrogens is 460 g/mol. The topological polar surface area (TPSA) is 99.2 Å². The number of amides is 2. The highest BCUT2D eigenvalue weighted by molar-refractivity contribution is 6.31. The van der Waals surface area contributed by atoms with Crippen LogP contribution in [-0.2, 0) is 6.54 Å². The molecular formula is C28H27ClN4O2. The van der Waals surface area contributed by atoms with E-state index in [1.54, 1.807) is 48.5 Å². The Morgan fingerprint density at radius 3 is 2.46 bits per heavy atom. The number of anilines is 1. The van der Waals surface area contributed by atoms with Crippen LogP contribution >= 0.6 is 11.6 Å². The van der Waals surface area contributed by atoms with Crippen molar-refractivity contribution in [1.29, 1.82) is 5.26 Å². The van der Waals surface area contributed by atoms with Gasteiger partial charge in [-0.3, -0.25) is 9.59 Å². The second-order valence-corrected chi connectivity index (χ2v) is 9.24. The lowest BCUT2D eigenvalue weighted by Gasteiger charge is -2.38. The van der Waals surface area contributed by atoms with Crippen molar-refractivity contribution in [2.24, 2.45) is 5.73 Å². The van der Waals surface area contributed by atoms with E-state index in [1.807, 2.05) is 29.2 Å². The minimum absolute atomic E-state index is 0.0865. The molecule has 1 aliphatic rings. The van der Waals surface area contributed by atoms with Gasteiger partial charge in [-0.25, -0.2) is 0 Å².